The lowest BCUT2D eigenvalue weighted by Gasteiger charge is -2.09. The molecule has 0 amide bonds. The minimum atomic E-state index is -0.670. The molecule has 0 aliphatic carbocycles. The van der Waals surface area contributed by atoms with Gasteiger partial charge in [-0.2, -0.15) is 0 Å². The zero-order valence-corrected chi connectivity index (χ0v) is 15.5. The average molecular weight is 381 g/mol. The lowest BCUT2D eigenvalue weighted by molar-refractivity contribution is 0.0492. The zero-order valence-electron chi connectivity index (χ0n) is 14.0. The number of carbonyl (C=O) groups is 1. The summed E-state index contributed by atoms with van der Waals surface area (Å²) in [6.07, 6.45) is 2.73. The van der Waals surface area contributed by atoms with E-state index < -0.39 is 5.97 Å². The number of nitroso groups, excluding NO2 is 1. The SMILES string of the molecule is CCCCCOC(=O)c1nc(-c2cc(Cl)c(C)c(Cl)c2)ccc1N=O. The smallest absolute Gasteiger partial charge is 0.359 e. The molecule has 0 spiro atoms. The number of rotatable bonds is 7. The maximum atomic E-state index is 12.2. The molecule has 2 rings (SSSR count). The monoisotopic (exact) mass is 380 g/mol. The molecular weight excluding hydrogens is 363 g/mol. The molecule has 25 heavy (non-hydrogen) atoms. The van der Waals surface area contributed by atoms with E-state index in [1.54, 1.807) is 25.1 Å². The number of esters is 1. The molecule has 0 N–H and O–H groups in total. The van der Waals surface area contributed by atoms with E-state index in [0.29, 0.717) is 21.3 Å². The molecule has 0 atom stereocenters. The van der Waals surface area contributed by atoms with Gasteiger partial charge in [0.2, 0.25) is 0 Å². The Morgan fingerprint density at radius 3 is 2.48 bits per heavy atom. The van der Waals surface area contributed by atoms with Gasteiger partial charge < -0.3 is 4.74 Å². The van der Waals surface area contributed by atoms with E-state index >= 15 is 0 Å². The van der Waals surface area contributed by atoms with Gasteiger partial charge >= 0.3 is 5.97 Å². The lowest BCUT2D eigenvalue weighted by atomic mass is 10.1. The first-order valence-electron chi connectivity index (χ1n) is 7.95. The van der Waals surface area contributed by atoms with Crippen molar-refractivity contribution in [1.29, 1.82) is 0 Å². The van der Waals surface area contributed by atoms with Crippen molar-refractivity contribution in [3.8, 4) is 11.3 Å². The van der Waals surface area contributed by atoms with E-state index in [1.165, 1.54) is 6.07 Å². The number of ether oxygens (including phenoxy) is 1. The average Bonchev–Trinajstić information content (AvgIpc) is 2.62. The number of unbranched alkanes of at least 4 members (excludes halogenated alkanes) is 2. The highest BCUT2D eigenvalue weighted by molar-refractivity contribution is 6.36. The number of pyridine rings is 1. The second kappa shape index (κ2) is 8.92. The highest BCUT2D eigenvalue weighted by Gasteiger charge is 2.18. The largest absolute Gasteiger partial charge is 0.461 e. The van der Waals surface area contributed by atoms with Crippen LogP contribution in [-0.4, -0.2) is 17.6 Å². The Bertz CT molecular complexity index is 771. The lowest BCUT2D eigenvalue weighted by Crippen LogP contribution is -2.09. The van der Waals surface area contributed by atoms with Crippen LogP contribution >= 0.6 is 23.2 Å². The molecule has 7 heteroatoms. The predicted molar refractivity (Wildman–Crippen MR) is 99.7 cm³/mol. The summed E-state index contributed by atoms with van der Waals surface area (Å²) in [5.41, 5.74) is 1.67. The summed E-state index contributed by atoms with van der Waals surface area (Å²) in [7, 11) is 0. The number of benzene rings is 1. The van der Waals surface area contributed by atoms with Crippen LogP contribution in [0.25, 0.3) is 11.3 Å². The molecule has 0 fully saturated rings. The third-order valence-electron chi connectivity index (χ3n) is 3.72. The first-order chi connectivity index (χ1) is 12.0. The molecule has 1 heterocycles. The second-order valence-corrected chi connectivity index (χ2v) is 6.38. The number of hydrogen-bond acceptors (Lipinski definition) is 5. The minimum Gasteiger partial charge on any atom is -0.461 e. The van der Waals surface area contributed by atoms with Crippen molar-refractivity contribution < 1.29 is 9.53 Å². The van der Waals surface area contributed by atoms with E-state index in [2.05, 4.69) is 17.1 Å². The Morgan fingerprint density at radius 1 is 1.20 bits per heavy atom. The van der Waals surface area contributed by atoms with Crippen molar-refractivity contribution in [2.24, 2.45) is 5.18 Å². The van der Waals surface area contributed by atoms with Crippen molar-refractivity contribution in [1.82, 2.24) is 4.98 Å². The van der Waals surface area contributed by atoms with E-state index in [1.807, 2.05) is 0 Å². The molecule has 2 aromatic rings. The Hall–Kier alpha value is -1.98. The maximum absolute atomic E-state index is 12.2. The van der Waals surface area contributed by atoms with Crippen molar-refractivity contribution in [3.05, 3.63) is 50.5 Å². The fourth-order valence-electron chi connectivity index (χ4n) is 2.21. The molecule has 0 saturated carbocycles. The Labute approximate surface area is 156 Å². The first kappa shape index (κ1) is 19.3. The van der Waals surface area contributed by atoms with Gasteiger partial charge in [0.15, 0.2) is 5.69 Å². The van der Waals surface area contributed by atoms with Gasteiger partial charge in [-0.3, -0.25) is 0 Å². The van der Waals surface area contributed by atoms with Crippen LogP contribution in [0.15, 0.2) is 29.4 Å². The van der Waals surface area contributed by atoms with Crippen LogP contribution < -0.4 is 0 Å². The zero-order chi connectivity index (χ0) is 18.4. The maximum Gasteiger partial charge on any atom is 0.359 e. The number of halogens is 2. The van der Waals surface area contributed by atoms with Crippen LogP contribution in [0.4, 0.5) is 5.69 Å². The van der Waals surface area contributed by atoms with E-state index in [9.17, 15) is 9.70 Å². The fourth-order valence-corrected chi connectivity index (χ4v) is 2.70. The van der Waals surface area contributed by atoms with Gasteiger partial charge in [0.05, 0.1) is 12.3 Å². The van der Waals surface area contributed by atoms with Crippen LogP contribution in [0.2, 0.25) is 10.0 Å². The summed E-state index contributed by atoms with van der Waals surface area (Å²) < 4.78 is 5.18. The number of carbonyl (C=O) groups excluding carboxylic acids is 1. The Morgan fingerprint density at radius 2 is 1.88 bits per heavy atom. The van der Waals surface area contributed by atoms with Crippen molar-refractivity contribution in [2.75, 3.05) is 6.61 Å². The quantitative estimate of drug-likeness (QED) is 0.330. The highest BCUT2D eigenvalue weighted by Crippen LogP contribution is 2.31. The van der Waals surface area contributed by atoms with Crippen molar-refractivity contribution in [2.45, 2.75) is 33.1 Å². The number of aromatic nitrogens is 1. The standard InChI is InChI=1S/C18H18Cl2N2O3/c1-3-4-5-8-25-18(23)17-16(22-24)7-6-15(21-17)12-9-13(19)11(2)14(20)10-12/h6-7,9-10H,3-5,8H2,1-2H3. The molecule has 132 valence electrons. The summed E-state index contributed by atoms with van der Waals surface area (Å²) >= 11 is 12.3. The van der Waals surface area contributed by atoms with Gasteiger partial charge in [-0.05, 0) is 48.4 Å². The molecular formula is C18H18Cl2N2O3. The number of hydrogen-bond donors (Lipinski definition) is 0. The molecule has 0 aliphatic rings. The molecule has 1 aromatic carbocycles. The molecule has 0 radical (unpaired) electrons. The summed E-state index contributed by atoms with van der Waals surface area (Å²) in [6, 6.07) is 6.42. The topological polar surface area (TPSA) is 68.6 Å². The van der Waals surface area contributed by atoms with Crippen LogP contribution in [0.5, 0.6) is 0 Å². The summed E-state index contributed by atoms with van der Waals surface area (Å²) in [6.45, 7) is 4.14. The molecule has 0 unspecified atom stereocenters. The van der Waals surface area contributed by atoms with Gasteiger partial charge in [-0.25, -0.2) is 9.78 Å². The second-order valence-electron chi connectivity index (χ2n) is 5.56. The van der Waals surface area contributed by atoms with Crippen LogP contribution in [0, 0.1) is 11.8 Å². The van der Waals surface area contributed by atoms with Gasteiger partial charge in [0.1, 0.15) is 5.69 Å². The van der Waals surface area contributed by atoms with Crippen molar-refractivity contribution >= 4 is 34.9 Å². The third kappa shape index (κ3) is 4.77. The molecule has 0 saturated heterocycles. The Balaban J connectivity index is 2.33. The van der Waals surface area contributed by atoms with E-state index in [-0.39, 0.29) is 18.0 Å². The van der Waals surface area contributed by atoms with Gasteiger partial charge in [-0.15, -0.1) is 4.91 Å². The molecule has 1 aromatic heterocycles. The highest BCUT2D eigenvalue weighted by atomic mass is 35.5. The van der Waals surface area contributed by atoms with Crippen LogP contribution in [-0.2, 0) is 4.74 Å². The van der Waals surface area contributed by atoms with E-state index in [0.717, 1.165) is 24.8 Å². The molecule has 5 nitrogen and oxygen atoms in total. The minimum absolute atomic E-state index is 0.0615. The first-order valence-corrected chi connectivity index (χ1v) is 8.71. The number of nitrogens with zero attached hydrogens (tertiary/aromatic N) is 2. The van der Waals surface area contributed by atoms with Gasteiger partial charge in [0.25, 0.3) is 0 Å². The summed E-state index contributed by atoms with van der Waals surface area (Å²) in [5.74, 6) is -0.670. The predicted octanol–water partition coefficient (Wildman–Crippen LogP) is 6.11. The van der Waals surface area contributed by atoms with Gasteiger partial charge in [-0.1, -0.05) is 43.0 Å². The molecule has 0 aliphatic heterocycles. The normalized spacial score (nSPS) is 10.6. The fraction of sp³-hybridized carbons (Fsp3) is 0.333. The Kier molecular flexibility index (Phi) is 6.91. The van der Waals surface area contributed by atoms with Crippen LogP contribution in [0.1, 0.15) is 42.2 Å². The van der Waals surface area contributed by atoms with Crippen LogP contribution in [0.3, 0.4) is 0 Å². The molecule has 0 bridgehead atoms. The third-order valence-corrected chi connectivity index (χ3v) is 4.51. The summed E-state index contributed by atoms with van der Waals surface area (Å²) in [5, 5.41) is 3.84. The van der Waals surface area contributed by atoms with Gasteiger partial charge in [0, 0.05) is 15.6 Å². The summed E-state index contributed by atoms with van der Waals surface area (Å²) in [4.78, 5) is 27.4. The van der Waals surface area contributed by atoms with E-state index in [4.69, 9.17) is 27.9 Å². The van der Waals surface area contributed by atoms with Crippen molar-refractivity contribution in [3.63, 3.8) is 0 Å².